The van der Waals surface area contributed by atoms with Gasteiger partial charge in [-0.1, -0.05) is 13.3 Å². The maximum Gasteiger partial charge on any atom is 0.254 e. The molecule has 1 aromatic carbocycles. The fourth-order valence-corrected chi connectivity index (χ4v) is 4.92. The molecule has 0 aliphatic carbocycles. The smallest absolute Gasteiger partial charge is 0.254 e. The van der Waals surface area contributed by atoms with E-state index in [0.29, 0.717) is 37.6 Å². The minimum absolute atomic E-state index is 0.00409. The number of benzene rings is 1. The molecule has 214 valence electrons. The third kappa shape index (κ3) is 9.37. The highest BCUT2D eigenvalue weighted by Gasteiger charge is 2.27. The minimum atomic E-state index is -0.152. The molecular weight excluding hydrogens is 498 g/mol. The van der Waals surface area contributed by atoms with Crippen LogP contribution in [0.3, 0.4) is 0 Å². The van der Waals surface area contributed by atoms with Gasteiger partial charge in [0.2, 0.25) is 5.91 Å². The highest BCUT2D eigenvalue weighted by molar-refractivity contribution is 5.96. The number of carbonyl (C=O) groups is 2. The van der Waals surface area contributed by atoms with Crippen LogP contribution in [0.25, 0.3) is 0 Å². The number of hydrogen-bond donors (Lipinski definition) is 0. The molecule has 2 aliphatic rings. The van der Waals surface area contributed by atoms with Gasteiger partial charge in [-0.2, -0.15) is 0 Å². The Balaban J connectivity index is 1.43. The van der Waals surface area contributed by atoms with Crippen molar-refractivity contribution in [2.24, 2.45) is 0 Å². The van der Waals surface area contributed by atoms with Gasteiger partial charge in [0.05, 0.1) is 38.7 Å². The maximum absolute atomic E-state index is 13.7. The van der Waals surface area contributed by atoms with Gasteiger partial charge in [0, 0.05) is 44.9 Å². The van der Waals surface area contributed by atoms with Crippen LogP contribution >= 0.6 is 0 Å². The molecule has 1 atom stereocenters. The van der Waals surface area contributed by atoms with Gasteiger partial charge < -0.3 is 28.4 Å². The third-order valence-corrected chi connectivity index (χ3v) is 7.21. The first kappa shape index (κ1) is 29.1. The molecule has 9 nitrogen and oxygen atoms in total. The molecule has 2 saturated heterocycles. The van der Waals surface area contributed by atoms with E-state index in [1.807, 2.05) is 24.3 Å². The predicted molar refractivity (Wildman–Crippen MR) is 148 cm³/mol. The third-order valence-electron chi connectivity index (χ3n) is 7.21. The van der Waals surface area contributed by atoms with Gasteiger partial charge in [-0.25, -0.2) is 0 Å². The molecule has 3 heterocycles. The van der Waals surface area contributed by atoms with Crippen LogP contribution in [0.5, 0.6) is 5.75 Å². The van der Waals surface area contributed by atoms with Gasteiger partial charge in [-0.05, 0) is 62.1 Å². The molecule has 2 fully saturated rings. The van der Waals surface area contributed by atoms with Gasteiger partial charge >= 0.3 is 0 Å². The van der Waals surface area contributed by atoms with E-state index in [1.165, 1.54) is 0 Å². The molecule has 1 unspecified atom stereocenters. The number of carbonyl (C=O) groups excluding carboxylic acids is 2. The molecule has 39 heavy (non-hydrogen) atoms. The van der Waals surface area contributed by atoms with Crippen LogP contribution in [0.2, 0.25) is 0 Å². The summed E-state index contributed by atoms with van der Waals surface area (Å²) in [6, 6.07) is 10.9. The van der Waals surface area contributed by atoms with Gasteiger partial charge in [-0.15, -0.1) is 0 Å². The summed E-state index contributed by atoms with van der Waals surface area (Å²) >= 11 is 0. The largest absolute Gasteiger partial charge is 0.494 e. The van der Waals surface area contributed by atoms with Crippen molar-refractivity contribution in [2.75, 3.05) is 65.7 Å². The number of nitrogens with zero attached hydrogens (tertiary/aromatic N) is 3. The van der Waals surface area contributed by atoms with Crippen LogP contribution in [0.4, 0.5) is 0 Å². The van der Waals surface area contributed by atoms with E-state index in [1.54, 1.807) is 28.2 Å². The van der Waals surface area contributed by atoms with E-state index < -0.39 is 0 Å². The lowest BCUT2D eigenvalue weighted by molar-refractivity contribution is -0.134. The first-order valence-corrected chi connectivity index (χ1v) is 14.4. The Morgan fingerprint density at radius 2 is 1.87 bits per heavy atom. The number of amides is 2. The summed E-state index contributed by atoms with van der Waals surface area (Å²) in [5.41, 5.74) is 0.550. The summed E-state index contributed by atoms with van der Waals surface area (Å²) in [5, 5.41) is 0. The predicted octanol–water partition coefficient (Wildman–Crippen LogP) is 3.83. The number of ether oxygens (including phenoxy) is 3. The molecule has 0 bridgehead atoms. The summed E-state index contributed by atoms with van der Waals surface area (Å²) in [6.07, 6.45) is 6.37. The number of hydrogen-bond acceptors (Lipinski definition) is 7. The van der Waals surface area contributed by atoms with E-state index >= 15 is 0 Å². The Morgan fingerprint density at radius 1 is 1.05 bits per heavy atom. The van der Waals surface area contributed by atoms with E-state index in [4.69, 9.17) is 18.6 Å². The summed E-state index contributed by atoms with van der Waals surface area (Å²) in [7, 11) is 0. The molecule has 0 radical (unpaired) electrons. The molecule has 1 aromatic heterocycles. The first-order chi connectivity index (χ1) is 19.1. The fraction of sp³-hybridized carbons (Fsp3) is 0.600. The van der Waals surface area contributed by atoms with Crippen molar-refractivity contribution in [1.29, 1.82) is 0 Å². The van der Waals surface area contributed by atoms with Crippen molar-refractivity contribution in [2.45, 2.75) is 51.7 Å². The van der Waals surface area contributed by atoms with Crippen molar-refractivity contribution < 1.29 is 28.2 Å². The minimum Gasteiger partial charge on any atom is -0.494 e. The van der Waals surface area contributed by atoms with E-state index in [2.05, 4.69) is 11.8 Å². The SMILES string of the molecule is CCCCOc1ccc(C(=O)N(CCCN2CCOCC2)CC(=O)N(Cc2ccco2)CC2CCCO2)cc1. The zero-order valence-corrected chi connectivity index (χ0v) is 23.2. The van der Waals surface area contributed by atoms with Crippen LogP contribution in [0.1, 0.15) is 55.1 Å². The molecule has 0 saturated carbocycles. The molecule has 0 N–H and O–H groups in total. The first-order valence-electron chi connectivity index (χ1n) is 14.4. The van der Waals surface area contributed by atoms with Crippen molar-refractivity contribution in [3.05, 3.63) is 54.0 Å². The average molecular weight is 542 g/mol. The maximum atomic E-state index is 13.7. The van der Waals surface area contributed by atoms with E-state index in [9.17, 15) is 9.59 Å². The van der Waals surface area contributed by atoms with Crippen LogP contribution in [0, 0.1) is 0 Å². The zero-order valence-electron chi connectivity index (χ0n) is 23.2. The second kappa shape index (κ2) is 15.6. The van der Waals surface area contributed by atoms with Crippen molar-refractivity contribution >= 4 is 11.8 Å². The monoisotopic (exact) mass is 541 g/mol. The van der Waals surface area contributed by atoms with Crippen LogP contribution < -0.4 is 4.74 Å². The van der Waals surface area contributed by atoms with Gasteiger partial charge in [0.15, 0.2) is 0 Å². The lowest BCUT2D eigenvalue weighted by Crippen LogP contribution is -2.46. The van der Waals surface area contributed by atoms with Crippen molar-refractivity contribution in [3.63, 3.8) is 0 Å². The molecule has 9 heteroatoms. The van der Waals surface area contributed by atoms with Crippen molar-refractivity contribution in [3.8, 4) is 5.75 Å². The topological polar surface area (TPSA) is 84.7 Å². The second-order valence-electron chi connectivity index (χ2n) is 10.2. The van der Waals surface area contributed by atoms with Gasteiger partial charge in [0.1, 0.15) is 18.1 Å². The molecule has 2 amide bonds. The van der Waals surface area contributed by atoms with Crippen LogP contribution in [0.15, 0.2) is 47.1 Å². The van der Waals surface area contributed by atoms with Gasteiger partial charge in [0.25, 0.3) is 5.91 Å². The van der Waals surface area contributed by atoms with Crippen molar-refractivity contribution in [1.82, 2.24) is 14.7 Å². The van der Waals surface area contributed by atoms with Gasteiger partial charge in [-0.3, -0.25) is 14.5 Å². The Hall–Kier alpha value is -2.88. The summed E-state index contributed by atoms with van der Waals surface area (Å²) in [4.78, 5) is 33.1. The summed E-state index contributed by atoms with van der Waals surface area (Å²) in [5.74, 6) is 1.20. The zero-order chi connectivity index (χ0) is 27.3. The molecule has 4 rings (SSSR count). The molecule has 2 aromatic rings. The molecular formula is C30H43N3O6. The van der Waals surface area contributed by atoms with E-state index in [0.717, 1.165) is 77.3 Å². The Kier molecular flexibility index (Phi) is 11.7. The van der Waals surface area contributed by atoms with Crippen LogP contribution in [-0.4, -0.2) is 98.3 Å². The highest BCUT2D eigenvalue weighted by atomic mass is 16.5. The Morgan fingerprint density at radius 3 is 2.56 bits per heavy atom. The lowest BCUT2D eigenvalue weighted by atomic mass is 10.1. The number of furan rings is 1. The number of morpholine rings is 1. The Bertz CT molecular complexity index is 985. The fourth-order valence-electron chi connectivity index (χ4n) is 4.92. The summed E-state index contributed by atoms with van der Waals surface area (Å²) < 4.78 is 22.6. The highest BCUT2D eigenvalue weighted by Crippen LogP contribution is 2.18. The summed E-state index contributed by atoms with van der Waals surface area (Å²) in [6.45, 7) is 8.95. The molecule has 2 aliphatic heterocycles. The second-order valence-corrected chi connectivity index (χ2v) is 10.2. The Labute approximate surface area is 232 Å². The number of unbranched alkanes of at least 4 members (excludes halogenated alkanes) is 1. The van der Waals surface area contributed by atoms with Crippen LogP contribution in [-0.2, 0) is 20.8 Å². The average Bonchev–Trinajstić information content (AvgIpc) is 3.68. The number of rotatable bonds is 15. The van der Waals surface area contributed by atoms with E-state index in [-0.39, 0.29) is 24.5 Å². The standard InChI is InChI=1S/C30H43N3O6/c1-2-3-17-37-26-11-9-25(10-12-26)30(35)32(14-6-13-31-15-20-36-21-16-31)24-29(34)33(22-27-7-4-18-38-27)23-28-8-5-19-39-28/h4,7,9-12,18,28H,2-3,5-6,8,13-17,19-24H2,1H3. The lowest BCUT2D eigenvalue weighted by Gasteiger charge is -2.30. The quantitative estimate of drug-likeness (QED) is 0.317. The molecule has 0 spiro atoms. The normalized spacial score (nSPS) is 17.7.